The van der Waals surface area contributed by atoms with E-state index in [9.17, 15) is 4.79 Å². The molecule has 0 saturated carbocycles. The van der Waals surface area contributed by atoms with Crippen molar-refractivity contribution in [1.82, 2.24) is 15.3 Å². The summed E-state index contributed by atoms with van der Waals surface area (Å²) in [5.41, 5.74) is 1.57. The Balaban J connectivity index is 1.52. The number of amides is 1. The van der Waals surface area contributed by atoms with E-state index in [-0.39, 0.29) is 18.0 Å². The Hall–Kier alpha value is -2.93. The minimum Gasteiger partial charge on any atom is -0.451 e. The number of hydrogen-bond donors (Lipinski definition) is 2. The van der Waals surface area contributed by atoms with E-state index in [0.717, 1.165) is 16.5 Å². The van der Waals surface area contributed by atoms with Gasteiger partial charge in [-0.1, -0.05) is 18.2 Å². The lowest BCUT2D eigenvalue weighted by Crippen LogP contribution is -2.52. The molecule has 1 aliphatic heterocycles. The van der Waals surface area contributed by atoms with Gasteiger partial charge in [0, 0.05) is 23.8 Å². The Morgan fingerprint density at radius 2 is 2.12 bits per heavy atom. The molecule has 2 N–H and O–H groups in total. The SMILES string of the molecule is Cc1c(C(=O)N[C@H]2CCOC[C@H]2Nc2ccncn2)oc2ccccc12. The molecule has 3 heterocycles. The first-order valence-electron chi connectivity index (χ1n) is 8.61. The minimum absolute atomic E-state index is 0.0766. The summed E-state index contributed by atoms with van der Waals surface area (Å²) >= 11 is 0. The molecule has 0 spiro atoms. The number of hydrogen-bond acceptors (Lipinski definition) is 6. The number of aromatic nitrogens is 2. The van der Waals surface area contributed by atoms with Crippen molar-refractivity contribution in [1.29, 1.82) is 0 Å². The van der Waals surface area contributed by atoms with Gasteiger partial charge in [0.2, 0.25) is 0 Å². The lowest BCUT2D eigenvalue weighted by Gasteiger charge is -2.32. The van der Waals surface area contributed by atoms with Crippen LogP contribution in [-0.4, -0.2) is 41.2 Å². The van der Waals surface area contributed by atoms with Crippen LogP contribution >= 0.6 is 0 Å². The van der Waals surface area contributed by atoms with Gasteiger partial charge in [0.25, 0.3) is 5.91 Å². The van der Waals surface area contributed by atoms with Crippen LogP contribution < -0.4 is 10.6 Å². The Labute approximate surface area is 150 Å². The molecular weight excluding hydrogens is 332 g/mol. The molecule has 7 nitrogen and oxygen atoms in total. The second-order valence-corrected chi connectivity index (χ2v) is 6.34. The van der Waals surface area contributed by atoms with E-state index in [1.807, 2.05) is 31.2 Å². The van der Waals surface area contributed by atoms with Crippen molar-refractivity contribution in [3.05, 3.63) is 54.2 Å². The van der Waals surface area contributed by atoms with E-state index >= 15 is 0 Å². The smallest absolute Gasteiger partial charge is 0.287 e. The number of rotatable bonds is 4. The molecule has 0 aliphatic carbocycles. The summed E-state index contributed by atoms with van der Waals surface area (Å²) < 4.78 is 11.3. The highest BCUT2D eigenvalue weighted by atomic mass is 16.5. The summed E-state index contributed by atoms with van der Waals surface area (Å²) in [7, 11) is 0. The second-order valence-electron chi connectivity index (χ2n) is 6.34. The maximum Gasteiger partial charge on any atom is 0.287 e. The first kappa shape index (κ1) is 16.5. The number of benzene rings is 1. The summed E-state index contributed by atoms with van der Waals surface area (Å²) in [6, 6.07) is 9.29. The molecule has 4 rings (SSSR count). The monoisotopic (exact) mass is 352 g/mol. The number of anilines is 1. The average molecular weight is 352 g/mol. The van der Waals surface area contributed by atoms with Crippen molar-refractivity contribution in [3.63, 3.8) is 0 Å². The zero-order valence-electron chi connectivity index (χ0n) is 14.4. The highest BCUT2D eigenvalue weighted by molar-refractivity contribution is 5.99. The van der Waals surface area contributed by atoms with Gasteiger partial charge >= 0.3 is 0 Å². The fourth-order valence-electron chi connectivity index (χ4n) is 3.24. The van der Waals surface area contributed by atoms with Crippen LogP contribution in [0, 0.1) is 6.92 Å². The van der Waals surface area contributed by atoms with E-state index in [2.05, 4.69) is 20.6 Å². The molecule has 0 radical (unpaired) electrons. The van der Waals surface area contributed by atoms with E-state index in [4.69, 9.17) is 9.15 Å². The van der Waals surface area contributed by atoms with Gasteiger partial charge in [-0.25, -0.2) is 9.97 Å². The van der Waals surface area contributed by atoms with E-state index < -0.39 is 0 Å². The van der Waals surface area contributed by atoms with Crippen molar-refractivity contribution in [2.75, 3.05) is 18.5 Å². The van der Waals surface area contributed by atoms with E-state index in [1.165, 1.54) is 6.33 Å². The lowest BCUT2D eigenvalue weighted by molar-refractivity contribution is 0.0610. The summed E-state index contributed by atoms with van der Waals surface area (Å²) in [6.07, 6.45) is 3.87. The van der Waals surface area contributed by atoms with Crippen LogP contribution in [0.5, 0.6) is 0 Å². The Morgan fingerprint density at radius 3 is 2.92 bits per heavy atom. The van der Waals surface area contributed by atoms with E-state index in [1.54, 1.807) is 12.3 Å². The van der Waals surface area contributed by atoms with Gasteiger partial charge in [-0.15, -0.1) is 0 Å². The van der Waals surface area contributed by atoms with Gasteiger partial charge in [0.05, 0.1) is 18.7 Å². The second kappa shape index (κ2) is 7.13. The number of aryl methyl sites for hydroxylation is 1. The normalized spacial score (nSPS) is 20.0. The largest absolute Gasteiger partial charge is 0.451 e. The molecule has 2 aromatic heterocycles. The van der Waals surface area contributed by atoms with Gasteiger partial charge in [-0.2, -0.15) is 0 Å². The molecule has 134 valence electrons. The zero-order valence-corrected chi connectivity index (χ0v) is 14.4. The fourth-order valence-corrected chi connectivity index (χ4v) is 3.24. The first-order chi connectivity index (χ1) is 12.7. The first-order valence-corrected chi connectivity index (χ1v) is 8.61. The topological polar surface area (TPSA) is 89.3 Å². The Bertz CT molecular complexity index is 910. The summed E-state index contributed by atoms with van der Waals surface area (Å²) in [5.74, 6) is 0.855. The maximum atomic E-state index is 12.8. The van der Waals surface area contributed by atoms with Crippen molar-refractivity contribution in [2.24, 2.45) is 0 Å². The Kier molecular flexibility index (Phi) is 4.53. The number of nitrogens with one attached hydrogen (secondary N) is 2. The van der Waals surface area contributed by atoms with Crippen molar-refractivity contribution < 1.29 is 13.9 Å². The molecule has 0 unspecified atom stereocenters. The number of para-hydroxylation sites is 1. The fraction of sp³-hybridized carbons (Fsp3) is 0.316. The van der Waals surface area contributed by atoms with Gasteiger partial charge < -0.3 is 19.8 Å². The molecule has 1 saturated heterocycles. The zero-order chi connectivity index (χ0) is 17.9. The number of carbonyl (C=O) groups excluding carboxylic acids is 1. The standard InChI is InChI=1S/C19H20N4O3/c1-12-13-4-2-3-5-16(13)26-18(12)19(24)23-14-7-9-25-10-15(14)22-17-6-8-20-11-21-17/h2-6,8,11,14-15H,7,9-10H2,1H3,(H,23,24)(H,20,21,22)/t14-,15+/m0/s1. The number of nitrogens with zero attached hydrogens (tertiary/aromatic N) is 2. The van der Waals surface area contributed by atoms with E-state index in [0.29, 0.717) is 31.2 Å². The van der Waals surface area contributed by atoms with Crippen molar-refractivity contribution >= 4 is 22.7 Å². The summed E-state index contributed by atoms with van der Waals surface area (Å²) in [4.78, 5) is 20.9. The average Bonchev–Trinajstić information content (AvgIpc) is 3.01. The molecule has 3 aromatic rings. The minimum atomic E-state index is -0.208. The molecule has 1 amide bonds. The van der Waals surface area contributed by atoms with Gasteiger partial charge in [-0.05, 0) is 25.5 Å². The van der Waals surface area contributed by atoms with Crippen LogP contribution in [0.2, 0.25) is 0 Å². The highest BCUT2D eigenvalue weighted by Gasteiger charge is 2.29. The quantitative estimate of drug-likeness (QED) is 0.750. The molecular formula is C19H20N4O3. The molecule has 7 heteroatoms. The number of carbonyl (C=O) groups is 1. The molecule has 1 aromatic carbocycles. The number of furan rings is 1. The lowest BCUT2D eigenvalue weighted by atomic mass is 10.0. The van der Waals surface area contributed by atoms with Crippen LogP contribution in [0.1, 0.15) is 22.5 Å². The van der Waals surface area contributed by atoms with Gasteiger partial charge in [0.15, 0.2) is 5.76 Å². The molecule has 2 atom stereocenters. The predicted octanol–water partition coefficient (Wildman–Crippen LogP) is 2.53. The van der Waals surface area contributed by atoms with Gasteiger partial charge in [0.1, 0.15) is 17.7 Å². The highest BCUT2D eigenvalue weighted by Crippen LogP contribution is 2.25. The summed E-state index contributed by atoms with van der Waals surface area (Å²) in [5, 5.41) is 7.35. The number of fused-ring (bicyclic) bond motifs is 1. The summed E-state index contributed by atoms with van der Waals surface area (Å²) in [6.45, 7) is 3.00. The van der Waals surface area contributed by atoms with Crippen LogP contribution in [0.25, 0.3) is 11.0 Å². The van der Waals surface area contributed by atoms with Crippen molar-refractivity contribution in [3.8, 4) is 0 Å². The molecule has 1 fully saturated rings. The van der Waals surface area contributed by atoms with Crippen LogP contribution in [0.4, 0.5) is 5.82 Å². The van der Waals surface area contributed by atoms with Gasteiger partial charge in [-0.3, -0.25) is 4.79 Å². The molecule has 1 aliphatic rings. The third kappa shape index (κ3) is 3.25. The third-order valence-corrected chi connectivity index (χ3v) is 4.64. The van der Waals surface area contributed by atoms with Crippen LogP contribution in [0.3, 0.4) is 0 Å². The molecule has 0 bridgehead atoms. The number of ether oxygens (including phenoxy) is 1. The van der Waals surface area contributed by atoms with Crippen molar-refractivity contribution in [2.45, 2.75) is 25.4 Å². The predicted molar refractivity (Wildman–Crippen MR) is 97.1 cm³/mol. The molecule has 26 heavy (non-hydrogen) atoms. The van der Waals surface area contributed by atoms with Crippen LogP contribution in [-0.2, 0) is 4.74 Å². The maximum absolute atomic E-state index is 12.8. The Morgan fingerprint density at radius 1 is 1.23 bits per heavy atom. The van der Waals surface area contributed by atoms with Crippen LogP contribution in [0.15, 0.2) is 47.3 Å². The third-order valence-electron chi connectivity index (χ3n) is 4.64.